The van der Waals surface area contributed by atoms with Gasteiger partial charge >= 0.3 is 0 Å². The molecule has 0 unspecified atom stereocenters. The first kappa shape index (κ1) is 19.6. The van der Waals surface area contributed by atoms with Crippen LogP contribution >= 0.6 is 11.6 Å². The van der Waals surface area contributed by atoms with Crippen LogP contribution in [0.2, 0.25) is 5.02 Å². The zero-order chi connectivity index (χ0) is 21.1. The van der Waals surface area contributed by atoms with Crippen molar-refractivity contribution < 1.29 is 19.0 Å². The van der Waals surface area contributed by atoms with Gasteiger partial charge in [0.1, 0.15) is 11.4 Å². The Labute approximate surface area is 181 Å². The zero-order valence-electron chi connectivity index (χ0n) is 17.4. The Balaban J connectivity index is 1.32. The minimum atomic E-state index is -0.358. The monoisotopic (exact) mass is 428 g/mol. The second kappa shape index (κ2) is 6.86. The van der Waals surface area contributed by atoms with Gasteiger partial charge in [-0.2, -0.15) is 0 Å². The number of rotatable bonds is 2. The number of carbonyl (C=O) groups is 1. The molecular formula is C23H25ClN2O4. The third kappa shape index (κ3) is 3.13. The maximum absolute atomic E-state index is 12.8. The summed E-state index contributed by atoms with van der Waals surface area (Å²) < 4.78 is 17.8. The number of halogens is 1. The minimum absolute atomic E-state index is 0.00539. The first-order valence-corrected chi connectivity index (χ1v) is 10.6. The largest absolute Gasteiger partial charge is 0.487 e. The molecule has 1 aromatic heterocycles. The molecule has 4 heterocycles. The van der Waals surface area contributed by atoms with Crippen molar-refractivity contribution in [2.45, 2.75) is 32.0 Å². The van der Waals surface area contributed by atoms with Gasteiger partial charge in [-0.1, -0.05) is 11.6 Å². The third-order valence-electron chi connectivity index (χ3n) is 6.66. The van der Waals surface area contributed by atoms with Crippen molar-refractivity contribution in [3.63, 3.8) is 0 Å². The fraction of sp³-hybridized carbons (Fsp3) is 0.478. The molecule has 7 heteroatoms. The van der Waals surface area contributed by atoms with Gasteiger partial charge in [-0.05, 0) is 44.5 Å². The predicted octanol–water partition coefficient (Wildman–Crippen LogP) is 4.13. The van der Waals surface area contributed by atoms with Crippen LogP contribution in [0, 0.1) is 11.3 Å². The predicted molar refractivity (Wildman–Crippen MR) is 112 cm³/mol. The number of likely N-dealkylation sites (tertiary alicyclic amines) is 1. The number of carbonyl (C=O) groups excluding carboxylic acids is 1. The summed E-state index contributed by atoms with van der Waals surface area (Å²) in [5.41, 5.74) is 1.21. The van der Waals surface area contributed by atoms with Gasteiger partial charge in [-0.25, -0.2) is 4.98 Å². The molecule has 1 spiro atoms. The van der Waals surface area contributed by atoms with Crippen LogP contribution in [0.15, 0.2) is 36.5 Å². The molecule has 0 saturated carbocycles. The SMILES string of the molecule is COc1ccc(C(=O)N2CC3(CO[C@@H]4c5cc(Cl)ccc5OC(C)(C)[C@H]4C3)C2)cn1. The fourth-order valence-corrected chi connectivity index (χ4v) is 5.24. The molecule has 158 valence electrons. The quantitative estimate of drug-likeness (QED) is 0.719. The first-order valence-electron chi connectivity index (χ1n) is 10.2. The van der Waals surface area contributed by atoms with Crippen molar-refractivity contribution in [2.24, 2.45) is 11.3 Å². The van der Waals surface area contributed by atoms with Crippen LogP contribution in [0.4, 0.5) is 0 Å². The zero-order valence-corrected chi connectivity index (χ0v) is 18.1. The van der Waals surface area contributed by atoms with E-state index in [-0.39, 0.29) is 28.9 Å². The van der Waals surface area contributed by atoms with Crippen LogP contribution in [0.25, 0.3) is 0 Å². The van der Waals surface area contributed by atoms with Crippen LogP contribution in [-0.2, 0) is 4.74 Å². The molecule has 2 saturated heterocycles. The molecule has 6 nitrogen and oxygen atoms in total. The van der Waals surface area contributed by atoms with E-state index in [1.165, 1.54) is 0 Å². The lowest BCUT2D eigenvalue weighted by Crippen LogP contribution is -2.65. The molecule has 0 radical (unpaired) electrons. The summed E-state index contributed by atoms with van der Waals surface area (Å²) in [6.07, 6.45) is 2.48. The summed E-state index contributed by atoms with van der Waals surface area (Å²) in [7, 11) is 1.56. The van der Waals surface area contributed by atoms with E-state index in [1.807, 2.05) is 23.1 Å². The van der Waals surface area contributed by atoms with Crippen molar-refractivity contribution >= 4 is 17.5 Å². The number of hydrogen-bond acceptors (Lipinski definition) is 5. The topological polar surface area (TPSA) is 60.9 Å². The van der Waals surface area contributed by atoms with Gasteiger partial charge in [0.2, 0.25) is 5.88 Å². The van der Waals surface area contributed by atoms with Gasteiger partial charge in [0.05, 0.1) is 25.4 Å². The molecule has 0 bridgehead atoms. The molecule has 3 aliphatic heterocycles. The van der Waals surface area contributed by atoms with Crippen LogP contribution in [0.1, 0.15) is 42.3 Å². The molecule has 0 N–H and O–H groups in total. The van der Waals surface area contributed by atoms with Crippen LogP contribution < -0.4 is 9.47 Å². The Morgan fingerprint density at radius 1 is 1.27 bits per heavy atom. The summed E-state index contributed by atoms with van der Waals surface area (Å²) in [6, 6.07) is 9.20. The average Bonchev–Trinajstić information content (AvgIpc) is 2.72. The molecule has 1 aromatic carbocycles. The maximum Gasteiger partial charge on any atom is 0.255 e. The number of methoxy groups -OCH3 is 1. The van der Waals surface area contributed by atoms with Gasteiger partial charge in [0, 0.05) is 47.3 Å². The fourth-order valence-electron chi connectivity index (χ4n) is 5.06. The number of ether oxygens (including phenoxy) is 3. The molecule has 3 aliphatic rings. The van der Waals surface area contributed by atoms with Gasteiger partial charge < -0.3 is 19.1 Å². The highest BCUT2D eigenvalue weighted by molar-refractivity contribution is 6.30. The molecule has 2 atom stereocenters. The van der Waals surface area contributed by atoms with Crippen molar-refractivity contribution in [3.8, 4) is 11.6 Å². The Hall–Kier alpha value is -2.31. The van der Waals surface area contributed by atoms with Crippen molar-refractivity contribution in [2.75, 3.05) is 26.8 Å². The highest BCUT2D eigenvalue weighted by atomic mass is 35.5. The average molecular weight is 429 g/mol. The number of benzene rings is 1. The van der Waals surface area contributed by atoms with E-state index in [0.717, 1.165) is 17.7 Å². The molecule has 30 heavy (non-hydrogen) atoms. The second-order valence-corrected chi connectivity index (χ2v) is 9.62. The first-order chi connectivity index (χ1) is 14.3. The summed E-state index contributed by atoms with van der Waals surface area (Å²) in [4.78, 5) is 18.8. The smallest absolute Gasteiger partial charge is 0.255 e. The van der Waals surface area contributed by atoms with E-state index in [2.05, 4.69) is 18.8 Å². The van der Waals surface area contributed by atoms with E-state index in [9.17, 15) is 4.79 Å². The van der Waals surface area contributed by atoms with E-state index in [4.69, 9.17) is 25.8 Å². The lowest BCUT2D eigenvalue weighted by Gasteiger charge is -2.58. The Morgan fingerprint density at radius 3 is 2.77 bits per heavy atom. The maximum atomic E-state index is 12.8. The van der Waals surface area contributed by atoms with Crippen LogP contribution in [0.3, 0.4) is 0 Å². The number of aromatic nitrogens is 1. The Bertz CT molecular complexity index is 985. The van der Waals surface area contributed by atoms with E-state index in [1.54, 1.807) is 25.4 Å². The lowest BCUT2D eigenvalue weighted by molar-refractivity contribution is -0.191. The summed E-state index contributed by atoms with van der Waals surface area (Å²) >= 11 is 6.24. The summed E-state index contributed by atoms with van der Waals surface area (Å²) in [5, 5.41) is 0.688. The highest BCUT2D eigenvalue weighted by Crippen LogP contribution is 2.55. The van der Waals surface area contributed by atoms with Crippen molar-refractivity contribution in [1.82, 2.24) is 9.88 Å². The molecule has 0 aliphatic carbocycles. The standard InChI is InChI=1S/C23H25ClN2O4/c1-22(2)17-9-23(13-29-20(17)16-8-15(24)5-6-18(16)30-22)11-26(12-23)21(27)14-4-7-19(28-3)25-10-14/h4-8,10,17,20H,9,11-13H2,1-3H3/t17-,20+/m0/s1. The van der Waals surface area contributed by atoms with E-state index >= 15 is 0 Å². The number of fused-ring (bicyclic) bond motifs is 3. The van der Waals surface area contributed by atoms with Crippen LogP contribution in [0.5, 0.6) is 11.6 Å². The van der Waals surface area contributed by atoms with Gasteiger partial charge in [-0.15, -0.1) is 0 Å². The van der Waals surface area contributed by atoms with E-state index in [0.29, 0.717) is 36.2 Å². The second-order valence-electron chi connectivity index (χ2n) is 9.18. The number of amides is 1. The Kier molecular flexibility index (Phi) is 4.49. The van der Waals surface area contributed by atoms with Crippen molar-refractivity contribution in [1.29, 1.82) is 0 Å². The molecular weight excluding hydrogens is 404 g/mol. The summed E-state index contributed by atoms with van der Waals surface area (Å²) in [6.45, 7) is 6.23. The van der Waals surface area contributed by atoms with E-state index < -0.39 is 0 Å². The van der Waals surface area contributed by atoms with Crippen molar-refractivity contribution in [3.05, 3.63) is 52.7 Å². The molecule has 1 amide bonds. The summed E-state index contributed by atoms with van der Waals surface area (Å²) in [5.74, 6) is 1.53. The Morgan fingerprint density at radius 2 is 2.07 bits per heavy atom. The van der Waals surface area contributed by atoms with Gasteiger partial charge in [-0.3, -0.25) is 4.79 Å². The number of nitrogens with zero attached hydrogens (tertiary/aromatic N) is 2. The van der Waals surface area contributed by atoms with Gasteiger partial charge in [0.15, 0.2) is 0 Å². The number of pyridine rings is 1. The van der Waals surface area contributed by atoms with Gasteiger partial charge in [0.25, 0.3) is 5.91 Å². The normalized spacial score (nSPS) is 25.5. The molecule has 2 aromatic rings. The third-order valence-corrected chi connectivity index (χ3v) is 6.90. The highest BCUT2D eigenvalue weighted by Gasteiger charge is 2.56. The minimum Gasteiger partial charge on any atom is -0.487 e. The number of hydrogen-bond donors (Lipinski definition) is 0. The lowest BCUT2D eigenvalue weighted by atomic mass is 9.64. The molecule has 5 rings (SSSR count). The van der Waals surface area contributed by atoms with Crippen LogP contribution in [-0.4, -0.2) is 48.2 Å². The molecule has 2 fully saturated rings.